The third-order valence-corrected chi connectivity index (χ3v) is 3.72. The zero-order chi connectivity index (χ0) is 13.3. The first-order chi connectivity index (χ1) is 9.17. The van der Waals surface area contributed by atoms with Gasteiger partial charge in [0.15, 0.2) is 0 Å². The molecule has 0 radical (unpaired) electrons. The zero-order valence-electron chi connectivity index (χ0n) is 10.9. The van der Waals surface area contributed by atoms with Gasteiger partial charge in [-0.2, -0.15) is 0 Å². The minimum absolute atomic E-state index is 0.0158. The van der Waals surface area contributed by atoms with Crippen LogP contribution in [-0.4, -0.2) is 23.0 Å². The Morgan fingerprint density at radius 3 is 3.05 bits per heavy atom. The van der Waals surface area contributed by atoms with Crippen molar-refractivity contribution in [2.45, 2.75) is 25.3 Å². The lowest BCUT2D eigenvalue weighted by Crippen LogP contribution is -2.47. The predicted molar refractivity (Wildman–Crippen MR) is 76.0 cm³/mol. The van der Waals surface area contributed by atoms with Gasteiger partial charge in [0.25, 0.3) is 0 Å². The summed E-state index contributed by atoms with van der Waals surface area (Å²) in [6.45, 7) is 2.85. The molecule has 1 aliphatic rings. The van der Waals surface area contributed by atoms with E-state index < -0.39 is 5.54 Å². The topological polar surface area (TPSA) is 54.0 Å². The molecule has 1 amide bonds. The maximum Gasteiger partial charge on any atom is 0.244 e. The van der Waals surface area contributed by atoms with Crippen LogP contribution in [0.3, 0.4) is 0 Å². The molecule has 2 heterocycles. The third kappa shape index (κ3) is 2.31. The first-order valence-corrected chi connectivity index (χ1v) is 6.59. The molecule has 0 bridgehead atoms. The summed E-state index contributed by atoms with van der Waals surface area (Å²) >= 11 is 0. The summed E-state index contributed by atoms with van der Waals surface area (Å²) in [5, 5.41) is 7.24. The molecule has 0 aliphatic carbocycles. The van der Waals surface area contributed by atoms with Crippen LogP contribution in [0.15, 0.2) is 36.5 Å². The van der Waals surface area contributed by atoms with E-state index in [0.717, 1.165) is 36.0 Å². The Morgan fingerprint density at radius 1 is 1.42 bits per heavy atom. The smallest absolute Gasteiger partial charge is 0.244 e. The maximum atomic E-state index is 12.3. The highest BCUT2D eigenvalue weighted by atomic mass is 16.2. The molecule has 1 unspecified atom stereocenters. The number of pyridine rings is 1. The summed E-state index contributed by atoms with van der Waals surface area (Å²) in [6, 6.07) is 9.83. The van der Waals surface area contributed by atoms with E-state index in [9.17, 15) is 4.79 Å². The first kappa shape index (κ1) is 12.1. The molecule has 2 aromatic rings. The summed E-state index contributed by atoms with van der Waals surface area (Å²) in [4.78, 5) is 16.6. The Morgan fingerprint density at radius 2 is 2.26 bits per heavy atom. The van der Waals surface area contributed by atoms with Gasteiger partial charge in [-0.3, -0.25) is 9.78 Å². The van der Waals surface area contributed by atoms with Gasteiger partial charge in [0.05, 0.1) is 22.9 Å². The third-order valence-electron chi connectivity index (χ3n) is 3.72. The Kier molecular flexibility index (Phi) is 2.95. The van der Waals surface area contributed by atoms with E-state index in [2.05, 4.69) is 15.6 Å². The molecule has 4 nitrogen and oxygen atoms in total. The Hall–Kier alpha value is -1.94. The Labute approximate surface area is 112 Å². The molecule has 1 fully saturated rings. The number of benzene rings is 1. The maximum absolute atomic E-state index is 12.3. The van der Waals surface area contributed by atoms with Crippen molar-refractivity contribution < 1.29 is 4.79 Å². The van der Waals surface area contributed by atoms with Crippen LogP contribution >= 0.6 is 0 Å². The second-order valence-electron chi connectivity index (χ2n) is 5.23. The number of amides is 1. The molecule has 2 N–H and O–H groups in total. The number of nitrogens with zero attached hydrogens (tertiary/aromatic N) is 1. The molecule has 1 aromatic heterocycles. The Balaban J connectivity index is 1.83. The molecular formula is C15H17N3O. The largest absolute Gasteiger partial charge is 0.323 e. The second-order valence-corrected chi connectivity index (χ2v) is 5.23. The van der Waals surface area contributed by atoms with Crippen molar-refractivity contribution in [3.05, 3.63) is 36.5 Å². The van der Waals surface area contributed by atoms with Crippen LogP contribution in [0, 0.1) is 0 Å². The van der Waals surface area contributed by atoms with E-state index >= 15 is 0 Å². The van der Waals surface area contributed by atoms with Gasteiger partial charge in [0.2, 0.25) is 5.91 Å². The summed E-state index contributed by atoms with van der Waals surface area (Å²) in [6.07, 6.45) is 3.62. The van der Waals surface area contributed by atoms with Crippen LogP contribution in [0.4, 0.5) is 5.69 Å². The number of rotatable bonds is 2. The minimum atomic E-state index is -0.453. The van der Waals surface area contributed by atoms with Gasteiger partial charge in [-0.1, -0.05) is 18.2 Å². The van der Waals surface area contributed by atoms with Gasteiger partial charge >= 0.3 is 0 Å². The van der Waals surface area contributed by atoms with Crippen LogP contribution in [0.1, 0.15) is 19.8 Å². The van der Waals surface area contributed by atoms with Crippen molar-refractivity contribution in [1.82, 2.24) is 10.3 Å². The molecule has 4 heteroatoms. The zero-order valence-corrected chi connectivity index (χ0v) is 10.9. The molecule has 1 saturated heterocycles. The summed E-state index contributed by atoms with van der Waals surface area (Å²) < 4.78 is 0. The summed E-state index contributed by atoms with van der Waals surface area (Å²) in [5.74, 6) is 0.0158. The van der Waals surface area contributed by atoms with E-state index in [4.69, 9.17) is 0 Å². The number of carbonyl (C=O) groups is 1. The second kappa shape index (κ2) is 4.63. The van der Waals surface area contributed by atoms with E-state index in [0.29, 0.717) is 0 Å². The fourth-order valence-corrected chi connectivity index (χ4v) is 2.50. The molecular weight excluding hydrogens is 238 g/mol. The number of hydrogen-bond donors (Lipinski definition) is 2. The molecule has 19 heavy (non-hydrogen) atoms. The standard InChI is InChI=1S/C15H17N3O/c1-15(7-4-8-17-15)14(19)18-12-9-11-5-2-3-6-13(11)16-10-12/h2-3,5-6,9-10,17H,4,7-8H2,1H3,(H,18,19). The van der Waals surface area contributed by atoms with Gasteiger partial charge in [-0.25, -0.2) is 0 Å². The van der Waals surface area contributed by atoms with Crippen molar-refractivity contribution in [3.63, 3.8) is 0 Å². The number of hydrogen-bond acceptors (Lipinski definition) is 3. The van der Waals surface area contributed by atoms with E-state index in [1.54, 1.807) is 6.20 Å². The number of carbonyl (C=O) groups excluding carboxylic acids is 1. The van der Waals surface area contributed by atoms with Gasteiger partial charge in [0.1, 0.15) is 0 Å². The monoisotopic (exact) mass is 255 g/mol. The van der Waals surface area contributed by atoms with Gasteiger partial charge in [-0.15, -0.1) is 0 Å². The van der Waals surface area contributed by atoms with Gasteiger partial charge in [-0.05, 0) is 38.4 Å². The van der Waals surface area contributed by atoms with Crippen LogP contribution in [-0.2, 0) is 4.79 Å². The summed E-state index contributed by atoms with van der Waals surface area (Å²) in [7, 11) is 0. The van der Waals surface area contributed by atoms with Gasteiger partial charge < -0.3 is 10.6 Å². The lowest BCUT2D eigenvalue weighted by atomic mass is 9.99. The van der Waals surface area contributed by atoms with E-state index in [-0.39, 0.29) is 5.91 Å². The molecule has 0 spiro atoms. The van der Waals surface area contributed by atoms with E-state index in [1.165, 1.54) is 0 Å². The highest BCUT2D eigenvalue weighted by Crippen LogP contribution is 2.22. The fraction of sp³-hybridized carbons (Fsp3) is 0.333. The van der Waals surface area contributed by atoms with Crippen molar-refractivity contribution in [3.8, 4) is 0 Å². The lowest BCUT2D eigenvalue weighted by molar-refractivity contribution is -0.121. The lowest BCUT2D eigenvalue weighted by Gasteiger charge is -2.23. The Bertz CT molecular complexity index is 618. The van der Waals surface area contributed by atoms with Crippen LogP contribution in [0.5, 0.6) is 0 Å². The predicted octanol–water partition coefficient (Wildman–Crippen LogP) is 2.32. The van der Waals surface area contributed by atoms with Crippen molar-refractivity contribution in [2.75, 3.05) is 11.9 Å². The molecule has 1 aromatic carbocycles. The highest BCUT2D eigenvalue weighted by Gasteiger charge is 2.35. The van der Waals surface area contributed by atoms with Crippen LogP contribution in [0.2, 0.25) is 0 Å². The number of fused-ring (bicyclic) bond motifs is 1. The number of para-hydroxylation sites is 1. The molecule has 0 saturated carbocycles. The molecule has 98 valence electrons. The number of nitrogens with one attached hydrogen (secondary N) is 2. The first-order valence-electron chi connectivity index (χ1n) is 6.59. The molecule has 3 rings (SSSR count). The van der Waals surface area contributed by atoms with Crippen molar-refractivity contribution in [2.24, 2.45) is 0 Å². The van der Waals surface area contributed by atoms with Crippen LogP contribution in [0.25, 0.3) is 10.9 Å². The average molecular weight is 255 g/mol. The number of aromatic nitrogens is 1. The minimum Gasteiger partial charge on any atom is -0.323 e. The SMILES string of the molecule is CC1(C(=O)Nc2cnc3ccccc3c2)CCCN1. The highest BCUT2D eigenvalue weighted by molar-refractivity contribution is 5.99. The van der Waals surface area contributed by atoms with Crippen molar-refractivity contribution in [1.29, 1.82) is 0 Å². The fourth-order valence-electron chi connectivity index (χ4n) is 2.50. The normalized spacial score (nSPS) is 22.6. The van der Waals surface area contributed by atoms with Gasteiger partial charge in [0, 0.05) is 5.39 Å². The van der Waals surface area contributed by atoms with Crippen LogP contribution < -0.4 is 10.6 Å². The molecule has 1 aliphatic heterocycles. The molecule has 1 atom stereocenters. The summed E-state index contributed by atoms with van der Waals surface area (Å²) in [5.41, 5.74) is 1.23. The van der Waals surface area contributed by atoms with Crippen molar-refractivity contribution >= 4 is 22.5 Å². The van der Waals surface area contributed by atoms with E-state index in [1.807, 2.05) is 37.3 Å². The quantitative estimate of drug-likeness (QED) is 0.866. The number of anilines is 1. The average Bonchev–Trinajstić information content (AvgIpc) is 2.87.